The van der Waals surface area contributed by atoms with Crippen molar-refractivity contribution in [3.63, 3.8) is 0 Å². The van der Waals surface area contributed by atoms with Crippen molar-refractivity contribution in [3.05, 3.63) is 0 Å². The molecule has 2 fully saturated rings. The van der Waals surface area contributed by atoms with Gasteiger partial charge in [-0.05, 0) is 19.8 Å². The summed E-state index contributed by atoms with van der Waals surface area (Å²) in [4.78, 5) is 5.11. The molecule has 3 heteroatoms. The van der Waals surface area contributed by atoms with Crippen molar-refractivity contribution in [1.29, 1.82) is 5.26 Å². The van der Waals surface area contributed by atoms with Crippen LogP contribution in [-0.4, -0.2) is 48.6 Å². The zero-order valence-corrected chi connectivity index (χ0v) is 10.4. The fraction of sp³-hybridized carbons (Fsp3) is 0.923. The summed E-state index contributed by atoms with van der Waals surface area (Å²) in [5, 5.41) is 8.80. The van der Waals surface area contributed by atoms with Gasteiger partial charge in [-0.2, -0.15) is 5.26 Å². The maximum Gasteiger partial charge on any atom is 0.0666 e. The minimum atomic E-state index is 0.179. The molecule has 2 aliphatic rings. The molecule has 1 saturated carbocycles. The predicted molar refractivity (Wildman–Crippen MR) is 65.0 cm³/mol. The number of hydrogen-bond donors (Lipinski definition) is 0. The molecular formula is C13H23N3. The highest BCUT2D eigenvalue weighted by Gasteiger charge is 2.26. The van der Waals surface area contributed by atoms with E-state index in [0.29, 0.717) is 0 Å². The standard InChI is InChI=1S/C13H23N3/c1-12(10-14)11-15-6-8-16(9-7-15)13-4-2-3-5-13/h12-13H,2-9,11H2,1H3. The molecule has 1 aliphatic carbocycles. The van der Waals surface area contributed by atoms with Gasteiger partial charge in [-0.1, -0.05) is 12.8 Å². The second-order valence-electron chi connectivity index (χ2n) is 5.31. The van der Waals surface area contributed by atoms with E-state index in [2.05, 4.69) is 15.9 Å². The smallest absolute Gasteiger partial charge is 0.0666 e. The largest absolute Gasteiger partial charge is 0.300 e. The lowest BCUT2D eigenvalue weighted by atomic mass is 10.1. The summed E-state index contributed by atoms with van der Waals surface area (Å²) in [7, 11) is 0. The Hall–Kier alpha value is -0.590. The highest BCUT2D eigenvalue weighted by Crippen LogP contribution is 2.24. The Morgan fingerprint density at radius 3 is 2.38 bits per heavy atom. The molecule has 1 aliphatic heterocycles. The maximum atomic E-state index is 8.80. The van der Waals surface area contributed by atoms with Crippen LogP contribution in [0.1, 0.15) is 32.6 Å². The summed E-state index contributed by atoms with van der Waals surface area (Å²) in [5.41, 5.74) is 0. The van der Waals surface area contributed by atoms with E-state index in [-0.39, 0.29) is 5.92 Å². The first kappa shape index (κ1) is 11.9. The van der Waals surface area contributed by atoms with Gasteiger partial charge >= 0.3 is 0 Å². The number of nitrogens with zero attached hydrogens (tertiary/aromatic N) is 3. The van der Waals surface area contributed by atoms with Crippen LogP contribution in [0.15, 0.2) is 0 Å². The molecule has 1 heterocycles. The van der Waals surface area contributed by atoms with Crippen LogP contribution in [0.3, 0.4) is 0 Å². The molecule has 0 aromatic rings. The molecule has 0 N–H and O–H groups in total. The highest BCUT2D eigenvalue weighted by atomic mass is 15.3. The van der Waals surface area contributed by atoms with Gasteiger partial charge in [0.1, 0.15) is 0 Å². The molecule has 0 aromatic heterocycles. The number of nitriles is 1. The van der Waals surface area contributed by atoms with Gasteiger partial charge in [0.05, 0.1) is 12.0 Å². The summed E-state index contributed by atoms with van der Waals surface area (Å²) >= 11 is 0. The van der Waals surface area contributed by atoms with Crippen molar-refractivity contribution in [2.24, 2.45) is 5.92 Å². The highest BCUT2D eigenvalue weighted by molar-refractivity contribution is 4.85. The first-order valence-electron chi connectivity index (χ1n) is 6.65. The fourth-order valence-corrected chi connectivity index (χ4v) is 3.01. The summed E-state index contributed by atoms with van der Waals surface area (Å²) in [6, 6.07) is 3.19. The first-order valence-corrected chi connectivity index (χ1v) is 6.65. The Balaban J connectivity index is 1.72. The summed E-state index contributed by atoms with van der Waals surface area (Å²) < 4.78 is 0. The van der Waals surface area contributed by atoms with Crippen molar-refractivity contribution in [3.8, 4) is 6.07 Å². The molecule has 90 valence electrons. The van der Waals surface area contributed by atoms with Crippen LogP contribution in [0.4, 0.5) is 0 Å². The van der Waals surface area contributed by atoms with Crippen LogP contribution >= 0.6 is 0 Å². The van der Waals surface area contributed by atoms with Gasteiger partial charge in [-0.15, -0.1) is 0 Å². The van der Waals surface area contributed by atoms with E-state index in [1.165, 1.54) is 38.8 Å². The summed E-state index contributed by atoms with van der Waals surface area (Å²) in [5.74, 6) is 0.179. The van der Waals surface area contributed by atoms with E-state index in [1.807, 2.05) is 6.92 Å². The molecular weight excluding hydrogens is 198 g/mol. The lowest BCUT2D eigenvalue weighted by molar-refractivity contribution is 0.0934. The van der Waals surface area contributed by atoms with E-state index >= 15 is 0 Å². The van der Waals surface area contributed by atoms with Gasteiger partial charge < -0.3 is 0 Å². The minimum absolute atomic E-state index is 0.179. The van der Waals surface area contributed by atoms with Gasteiger partial charge in [-0.25, -0.2) is 0 Å². The molecule has 1 saturated heterocycles. The van der Waals surface area contributed by atoms with E-state index in [1.54, 1.807) is 0 Å². The molecule has 0 spiro atoms. The van der Waals surface area contributed by atoms with Crippen molar-refractivity contribution in [2.45, 2.75) is 38.6 Å². The topological polar surface area (TPSA) is 30.3 Å². The van der Waals surface area contributed by atoms with Gasteiger partial charge in [0.2, 0.25) is 0 Å². The molecule has 0 radical (unpaired) electrons. The van der Waals surface area contributed by atoms with Gasteiger partial charge in [-0.3, -0.25) is 9.80 Å². The van der Waals surface area contributed by atoms with E-state index in [9.17, 15) is 0 Å². The Labute approximate surface area is 99.0 Å². The molecule has 3 nitrogen and oxygen atoms in total. The van der Waals surface area contributed by atoms with Gasteiger partial charge in [0, 0.05) is 38.8 Å². The SMILES string of the molecule is CC(C#N)CN1CCN(C2CCCC2)CC1. The molecule has 1 atom stereocenters. The quantitative estimate of drug-likeness (QED) is 0.727. The Morgan fingerprint density at radius 1 is 1.19 bits per heavy atom. The second kappa shape index (κ2) is 5.65. The molecule has 2 rings (SSSR count). The lowest BCUT2D eigenvalue weighted by Gasteiger charge is -2.38. The summed E-state index contributed by atoms with van der Waals surface area (Å²) in [6.45, 7) is 7.70. The van der Waals surface area contributed by atoms with Crippen LogP contribution in [0.2, 0.25) is 0 Å². The molecule has 0 amide bonds. The normalized spacial score (nSPS) is 26.8. The summed E-state index contributed by atoms with van der Waals surface area (Å²) in [6.07, 6.45) is 5.68. The molecule has 16 heavy (non-hydrogen) atoms. The maximum absolute atomic E-state index is 8.80. The minimum Gasteiger partial charge on any atom is -0.300 e. The van der Waals surface area contributed by atoms with E-state index < -0.39 is 0 Å². The second-order valence-corrected chi connectivity index (χ2v) is 5.31. The van der Waals surface area contributed by atoms with Gasteiger partial charge in [0.25, 0.3) is 0 Å². The van der Waals surface area contributed by atoms with Crippen LogP contribution in [0.25, 0.3) is 0 Å². The number of piperazine rings is 1. The Morgan fingerprint density at radius 2 is 1.81 bits per heavy atom. The van der Waals surface area contributed by atoms with Crippen molar-refractivity contribution in [1.82, 2.24) is 9.80 Å². The average molecular weight is 221 g/mol. The number of rotatable bonds is 3. The van der Waals surface area contributed by atoms with Crippen LogP contribution in [0.5, 0.6) is 0 Å². The molecule has 0 aromatic carbocycles. The number of hydrogen-bond acceptors (Lipinski definition) is 3. The van der Waals surface area contributed by atoms with E-state index in [4.69, 9.17) is 5.26 Å². The van der Waals surface area contributed by atoms with Gasteiger partial charge in [0.15, 0.2) is 0 Å². The lowest BCUT2D eigenvalue weighted by Crippen LogP contribution is -2.50. The third kappa shape index (κ3) is 2.96. The zero-order chi connectivity index (χ0) is 11.4. The van der Waals surface area contributed by atoms with Crippen molar-refractivity contribution < 1.29 is 0 Å². The van der Waals surface area contributed by atoms with Crippen LogP contribution in [-0.2, 0) is 0 Å². The monoisotopic (exact) mass is 221 g/mol. The molecule has 1 unspecified atom stereocenters. The van der Waals surface area contributed by atoms with Crippen LogP contribution < -0.4 is 0 Å². The predicted octanol–water partition coefficient (Wildman–Crippen LogP) is 1.71. The average Bonchev–Trinajstić information content (AvgIpc) is 2.83. The zero-order valence-electron chi connectivity index (χ0n) is 10.4. The first-order chi connectivity index (χ1) is 7.79. The Bertz CT molecular complexity index is 244. The fourth-order valence-electron chi connectivity index (χ4n) is 3.01. The van der Waals surface area contributed by atoms with Crippen molar-refractivity contribution >= 4 is 0 Å². The molecule has 0 bridgehead atoms. The van der Waals surface area contributed by atoms with E-state index in [0.717, 1.165) is 25.7 Å². The third-order valence-corrected chi connectivity index (χ3v) is 4.00. The Kier molecular flexibility index (Phi) is 4.20. The van der Waals surface area contributed by atoms with Crippen LogP contribution in [0, 0.1) is 17.2 Å². The third-order valence-electron chi connectivity index (χ3n) is 4.00. The van der Waals surface area contributed by atoms with Crippen molar-refractivity contribution in [2.75, 3.05) is 32.7 Å².